The molecule has 7 heterocycles. The Hall–Kier alpha value is -0.360. The Bertz CT molecular complexity index is 1840. The van der Waals surface area contributed by atoms with Crippen molar-refractivity contribution in [3.05, 3.63) is 31.2 Å². The third kappa shape index (κ3) is 6.85. The molecule has 0 saturated carbocycles. The van der Waals surface area contributed by atoms with Crippen molar-refractivity contribution >= 4 is 71.4 Å². The van der Waals surface area contributed by atoms with Gasteiger partial charge < -0.3 is 71.0 Å². The van der Waals surface area contributed by atoms with Gasteiger partial charge in [0, 0.05) is 6.20 Å². The molecule has 25 heteroatoms. The van der Waals surface area contributed by atoms with Gasteiger partial charge in [-0.25, -0.2) is 24.9 Å². The van der Waals surface area contributed by atoms with Crippen LogP contribution in [0.25, 0.3) is 22.2 Å². The van der Waals surface area contributed by atoms with E-state index in [2.05, 4.69) is 24.9 Å². The fraction of sp³-hybridized carbons (Fsp3) is 0.476. The molecular weight excluding hydrogens is 710 g/mol. The van der Waals surface area contributed by atoms with E-state index < -0.39 is 75.8 Å². The maximum atomic E-state index is 13.5. The van der Waals surface area contributed by atoms with Crippen LogP contribution < -0.4 is 75.5 Å². The minimum Gasteiger partial charge on any atom is -0.780 e. The average molecular weight is 734 g/mol. The third-order valence-electron chi connectivity index (χ3n) is 7.39. The Kier molecular flexibility index (Phi) is 11.3. The van der Waals surface area contributed by atoms with Gasteiger partial charge in [0.05, 0.1) is 24.9 Å². The van der Waals surface area contributed by atoms with Gasteiger partial charge in [0.2, 0.25) is 6.80 Å². The number of fused-ring (bicyclic) bond motifs is 5. The first-order valence-corrected chi connectivity index (χ1v) is 18.0. The number of nitrogens with zero attached hydrogens (tertiary/aromatic N) is 7. The molecular formula is C21H23N9Na2O10P2S2. The summed E-state index contributed by atoms with van der Waals surface area (Å²) in [4.78, 5) is 33.7. The topological polar surface area (TPSA) is 262 Å². The average Bonchev–Trinajstić information content (AvgIpc) is 3.73. The molecule has 3 saturated heterocycles. The van der Waals surface area contributed by atoms with Crippen LogP contribution in [0.1, 0.15) is 12.5 Å². The van der Waals surface area contributed by atoms with Crippen molar-refractivity contribution in [2.24, 2.45) is 0 Å². The van der Waals surface area contributed by atoms with E-state index in [1.165, 1.54) is 28.1 Å². The van der Waals surface area contributed by atoms with Crippen LogP contribution >= 0.6 is 13.5 Å². The zero-order valence-corrected chi connectivity index (χ0v) is 31.5. The summed E-state index contributed by atoms with van der Waals surface area (Å²) in [6.45, 7) is -9.93. The molecule has 19 nitrogen and oxygen atoms in total. The van der Waals surface area contributed by atoms with Gasteiger partial charge in [-0.2, -0.15) is 0 Å². The SMILES string of the molecule is Nc1ncnc2c1ccn2[C@@H]1O[C@@H]2COP(=O)([S-])O[C@@H]3C(O)[C@@H](COP([O-])(=S)O[C@H]2[C@H]1O)O[C@H]3n1cnc2c(N)ncnc21.[Na+].[Na+]. The van der Waals surface area contributed by atoms with Gasteiger partial charge in [-0.3, -0.25) is 9.13 Å². The second-order valence-electron chi connectivity index (χ2n) is 10.0. The Balaban J connectivity index is 0.00000208. The molecule has 0 aliphatic carbocycles. The van der Waals surface area contributed by atoms with Crippen molar-refractivity contribution in [1.82, 2.24) is 34.1 Å². The molecule has 46 heavy (non-hydrogen) atoms. The largest absolute Gasteiger partial charge is 1.00 e. The Morgan fingerprint density at radius 2 is 1.57 bits per heavy atom. The molecule has 3 fully saturated rings. The predicted octanol–water partition coefficient (Wildman–Crippen LogP) is -6.98. The number of hydrogen-bond donors (Lipinski definition) is 4. The number of hydrogen-bond acceptors (Lipinski definition) is 19. The molecule has 4 aromatic rings. The number of aromatic nitrogens is 7. The first kappa shape index (κ1) is 36.9. The molecule has 4 aromatic heterocycles. The normalized spacial score (nSPS) is 36.6. The van der Waals surface area contributed by atoms with Crippen LogP contribution in [-0.4, -0.2) is 94.1 Å². The molecule has 7 rings (SSSR count). The maximum absolute atomic E-state index is 13.5. The van der Waals surface area contributed by atoms with E-state index in [4.69, 9.17) is 63.1 Å². The summed E-state index contributed by atoms with van der Waals surface area (Å²) in [5.74, 6) is 0.289. The third-order valence-corrected chi connectivity index (χ3v) is 10.5. The molecule has 0 amide bonds. The van der Waals surface area contributed by atoms with Gasteiger partial charge >= 0.3 is 59.1 Å². The van der Waals surface area contributed by atoms with Gasteiger partial charge in [0.1, 0.15) is 73.0 Å². The van der Waals surface area contributed by atoms with Gasteiger partial charge in [-0.15, -0.1) is 0 Å². The predicted molar refractivity (Wildman–Crippen MR) is 152 cm³/mol. The molecule has 0 radical (unpaired) electrons. The van der Waals surface area contributed by atoms with Crippen molar-refractivity contribution < 1.29 is 106 Å². The van der Waals surface area contributed by atoms with Crippen molar-refractivity contribution in [2.45, 2.75) is 49.1 Å². The number of anilines is 2. The van der Waals surface area contributed by atoms with E-state index in [-0.39, 0.29) is 81.9 Å². The molecule has 3 aliphatic rings. The number of aliphatic hydroxyl groups excluding tert-OH is 2. The minimum atomic E-state index is -4.42. The van der Waals surface area contributed by atoms with E-state index in [1.807, 2.05) is 0 Å². The minimum absolute atomic E-state index is 0. The smallest absolute Gasteiger partial charge is 0.780 e. The van der Waals surface area contributed by atoms with Gasteiger partial charge in [0.15, 0.2) is 23.9 Å². The van der Waals surface area contributed by atoms with Crippen LogP contribution in [0.2, 0.25) is 0 Å². The maximum Gasteiger partial charge on any atom is 1.00 e. The standard InChI is InChI=1S/C21H25N9O10P2S2.2Na/c22-16-8-1-2-29(18(8)26-5-24-16)20-13(32)14-10(38-20)4-36-42(34,44)40-15-12(31)9(3-35-41(33,43)39-14)37-21(15)30-7-28-11-17(23)25-6-27-19(11)30;;/h1-2,5-7,9-10,12-15,20-21,31-32H,3-4H2,(H,33,43)(H,34,44)(H2,22,24,26)(H2,23,25,27);;/q;2*+1/p-2/t9-,10-,12?,13-,14-,15-,20-,21-,41?,42?;;/m1../s1. The first-order valence-electron chi connectivity index (χ1n) is 12.9. The zero-order chi connectivity index (χ0) is 31.0. The first-order chi connectivity index (χ1) is 20.9. The number of aliphatic hydroxyl groups is 2. The molecule has 2 bridgehead atoms. The summed E-state index contributed by atoms with van der Waals surface area (Å²) in [6, 6.07) is 1.63. The molecule has 6 N–H and O–H groups in total. The summed E-state index contributed by atoms with van der Waals surface area (Å²) >= 11 is 10.3. The second kappa shape index (κ2) is 14.1. The van der Waals surface area contributed by atoms with E-state index in [1.54, 1.807) is 12.3 Å². The van der Waals surface area contributed by atoms with E-state index in [9.17, 15) is 19.7 Å². The molecule has 3 aliphatic heterocycles. The van der Waals surface area contributed by atoms with Gasteiger partial charge in [-0.05, 0) is 6.07 Å². The van der Waals surface area contributed by atoms with Crippen molar-refractivity contribution in [3.8, 4) is 0 Å². The van der Waals surface area contributed by atoms with Crippen LogP contribution in [0.3, 0.4) is 0 Å². The van der Waals surface area contributed by atoms with Crippen LogP contribution in [0.4, 0.5) is 11.6 Å². The van der Waals surface area contributed by atoms with Crippen LogP contribution in [0.15, 0.2) is 31.2 Å². The van der Waals surface area contributed by atoms with Crippen molar-refractivity contribution in [1.29, 1.82) is 0 Å². The Morgan fingerprint density at radius 1 is 0.891 bits per heavy atom. The number of ether oxygens (including phenoxy) is 2. The van der Waals surface area contributed by atoms with E-state index in [0.717, 1.165) is 0 Å². The number of nitrogens with two attached hydrogens (primary N) is 2. The van der Waals surface area contributed by atoms with Crippen LogP contribution in [-0.2, 0) is 56.2 Å². The molecule has 236 valence electrons. The molecule has 3 unspecified atom stereocenters. The Labute approximate surface area is 314 Å². The van der Waals surface area contributed by atoms with Crippen LogP contribution in [0, 0.1) is 0 Å². The fourth-order valence-electron chi connectivity index (χ4n) is 5.35. The number of nitrogen functional groups attached to an aromatic ring is 2. The van der Waals surface area contributed by atoms with E-state index >= 15 is 0 Å². The summed E-state index contributed by atoms with van der Waals surface area (Å²) in [6.07, 6.45) is -5.38. The summed E-state index contributed by atoms with van der Waals surface area (Å²) in [7, 11) is 0. The quantitative estimate of drug-likeness (QED) is 0.0847. The van der Waals surface area contributed by atoms with Crippen LogP contribution in [0.5, 0.6) is 0 Å². The zero-order valence-electron chi connectivity index (χ0n) is 24.1. The summed E-state index contributed by atoms with van der Waals surface area (Å²) < 4.78 is 50.5. The molecule has 0 aromatic carbocycles. The van der Waals surface area contributed by atoms with Crippen molar-refractivity contribution in [3.63, 3.8) is 0 Å². The Morgan fingerprint density at radius 3 is 2.33 bits per heavy atom. The molecule has 0 spiro atoms. The number of imidazole rings is 1. The summed E-state index contributed by atoms with van der Waals surface area (Å²) in [5.41, 5.74) is 12.6. The summed E-state index contributed by atoms with van der Waals surface area (Å²) in [5, 5.41) is 22.9. The monoisotopic (exact) mass is 733 g/mol. The second-order valence-corrected chi connectivity index (χ2v) is 15.4. The van der Waals surface area contributed by atoms with Gasteiger partial charge in [0.25, 0.3) is 0 Å². The number of rotatable bonds is 2. The fourth-order valence-corrected chi connectivity index (χ4v) is 8.18. The van der Waals surface area contributed by atoms with Gasteiger partial charge in [-0.1, -0.05) is 11.8 Å². The van der Waals surface area contributed by atoms with Crippen molar-refractivity contribution in [2.75, 3.05) is 24.7 Å². The van der Waals surface area contributed by atoms with E-state index in [0.29, 0.717) is 11.0 Å². The molecule has 10 atom stereocenters.